The van der Waals surface area contributed by atoms with Gasteiger partial charge in [-0.05, 0) is 23.6 Å². The number of nitrogens with zero attached hydrogens (tertiary/aromatic N) is 1. The summed E-state index contributed by atoms with van der Waals surface area (Å²) in [6, 6.07) is 28.4. The van der Waals surface area contributed by atoms with E-state index < -0.39 is 35.8 Å². The molecule has 1 aliphatic carbocycles. The Morgan fingerprint density at radius 1 is 0.947 bits per heavy atom. The Kier molecular flexibility index (Phi) is 7.72. The van der Waals surface area contributed by atoms with E-state index in [1.807, 2.05) is 97.9 Å². The van der Waals surface area contributed by atoms with Gasteiger partial charge in [0.05, 0.1) is 25.2 Å². The fourth-order valence-corrected chi connectivity index (χ4v) is 5.91. The zero-order chi connectivity index (χ0) is 26.5. The molecular formula is C32H33NO5. The predicted octanol–water partition coefficient (Wildman–Crippen LogP) is 6.06. The first kappa shape index (κ1) is 25.9. The normalized spacial score (nSPS) is 26.9. The molecule has 5 atom stereocenters. The molecule has 3 aromatic rings. The number of rotatable bonds is 10. The molecule has 0 radical (unpaired) electrons. The summed E-state index contributed by atoms with van der Waals surface area (Å²) in [5.74, 6) is -0.646. The van der Waals surface area contributed by atoms with Crippen molar-refractivity contribution in [2.45, 2.75) is 43.7 Å². The van der Waals surface area contributed by atoms with Crippen LogP contribution in [0.4, 0.5) is 4.79 Å². The van der Waals surface area contributed by atoms with Gasteiger partial charge in [0.15, 0.2) is 6.10 Å². The van der Waals surface area contributed by atoms with E-state index in [-0.39, 0.29) is 18.8 Å². The van der Waals surface area contributed by atoms with Gasteiger partial charge in [-0.1, -0.05) is 97.1 Å². The van der Waals surface area contributed by atoms with Crippen LogP contribution in [0, 0.1) is 5.92 Å². The third kappa shape index (κ3) is 4.77. The van der Waals surface area contributed by atoms with Crippen molar-refractivity contribution in [3.63, 3.8) is 0 Å². The summed E-state index contributed by atoms with van der Waals surface area (Å²) in [5.41, 5.74) is 1.74. The molecule has 38 heavy (non-hydrogen) atoms. The summed E-state index contributed by atoms with van der Waals surface area (Å²) in [6.07, 6.45) is 0.763. The fraction of sp³-hybridized carbons (Fsp3) is 0.312. The molecule has 0 spiro atoms. The minimum atomic E-state index is -1.10. The first-order chi connectivity index (χ1) is 18.6. The predicted molar refractivity (Wildman–Crippen MR) is 144 cm³/mol. The average molecular weight is 512 g/mol. The van der Waals surface area contributed by atoms with Crippen molar-refractivity contribution >= 4 is 11.9 Å². The lowest BCUT2D eigenvalue weighted by Crippen LogP contribution is -2.57. The van der Waals surface area contributed by atoms with Crippen LogP contribution in [0.5, 0.6) is 0 Å². The SMILES string of the molecule is C=CC1C(=O)C[C@H](N2C(=O)O[C@H](c3ccccc3)[C@@H]2c2ccccc2)[C@@]1(COCc1ccccc1)OCC. The van der Waals surface area contributed by atoms with Gasteiger partial charge < -0.3 is 14.2 Å². The first-order valence-corrected chi connectivity index (χ1v) is 13.1. The highest BCUT2D eigenvalue weighted by atomic mass is 16.6. The number of ether oxygens (including phenoxy) is 3. The second-order valence-electron chi connectivity index (χ2n) is 9.74. The Morgan fingerprint density at radius 3 is 2.16 bits per heavy atom. The molecule has 2 fully saturated rings. The molecule has 2 aliphatic rings. The van der Waals surface area contributed by atoms with Crippen molar-refractivity contribution in [2.24, 2.45) is 5.92 Å². The molecule has 0 bridgehead atoms. The van der Waals surface area contributed by atoms with Gasteiger partial charge in [-0.15, -0.1) is 6.58 Å². The lowest BCUT2D eigenvalue weighted by atomic mass is 9.85. The lowest BCUT2D eigenvalue weighted by molar-refractivity contribution is -0.146. The standard InChI is InChI=1S/C32H33NO5/c1-3-26-27(34)20-28(32(26,37-4-2)22-36-21-23-14-8-5-9-15-23)33-29(24-16-10-6-11-17-24)30(38-31(33)35)25-18-12-7-13-19-25/h3,5-19,26,28-30H,1,4,20-22H2,2H3/t26?,28-,29-,30+,32-/m0/s1. The van der Waals surface area contributed by atoms with Gasteiger partial charge in [-0.3, -0.25) is 9.69 Å². The number of carbonyl (C=O) groups excluding carboxylic acids is 2. The highest BCUT2D eigenvalue weighted by Crippen LogP contribution is 2.50. The summed E-state index contributed by atoms with van der Waals surface area (Å²) in [4.78, 5) is 28.8. The van der Waals surface area contributed by atoms with Crippen LogP contribution in [0.3, 0.4) is 0 Å². The summed E-state index contributed by atoms with van der Waals surface area (Å²) >= 11 is 0. The molecule has 6 nitrogen and oxygen atoms in total. The van der Waals surface area contributed by atoms with E-state index in [0.29, 0.717) is 13.2 Å². The maximum atomic E-state index is 13.7. The van der Waals surface area contributed by atoms with Crippen molar-refractivity contribution in [2.75, 3.05) is 13.2 Å². The maximum Gasteiger partial charge on any atom is 0.411 e. The van der Waals surface area contributed by atoms with E-state index in [1.165, 1.54) is 0 Å². The van der Waals surface area contributed by atoms with Gasteiger partial charge in [0, 0.05) is 13.0 Å². The van der Waals surface area contributed by atoms with Crippen molar-refractivity contribution < 1.29 is 23.8 Å². The van der Waals surface area contributed by atoms with Gasteiger partial charge in [0.2, 0.25) is 0 Å². The second kappa shape index (κ2) is 11.3. The van der Waals surface area contributed by atoms with Crippen LogP contribution in [0.25, 0.3) is 0 Å². The highest BCUT2D eigenvalue weighted by molar-refractivity contribution is 5.89. The van der Waals surface area contributed by atoms with E-state index in [0.717, 1.165) is 16.7 Å². The number of ketones is 1. The van der Waals surface area contributed by atoms with E-state index in [1.54, 1.807) is 11.0 Å². The van der Waals surface area contributed by atoms with Crippen molar-refractivity contribution in [1.82, 2.24) is 4.90 Å². The van der Waals surface area contributed by atoms with Crippen molar-refractivity contribution in [3.05, 3.63) is 120 Å². The minimum Gasteiger partial charge on any atom is -0.439 e. The van der Waals surface area contributed by atoms with Crippen LogP contribution >= 0.6 is 0 Å². The summed E-state index contributed by atoms with van der Waals surface area (Å²) < 4.78 is 18.7. The third-order valence-corrected chi connectivity index (χ3v) is 7.55. The van der Waals surface area contributed by atoms with Crippen LogP contribution in [-0.2, 0) is 25.6 Å². The summed E-state index contributed by atoms with van der Waals surface area (Å²) in [7, 11) is 0. The van der Waals surface area contributed by atoms with Crippen molar-refractivity contribution in [3.8, 4) is 0 Å². The number of cyclic esters (lactones) is 1. The minimum absolute atomic E-state index is 0.0236. The van der Waals surface area contributed by atoms with E-state index in [4.69, 9.17) is 14.2 Å². The quantitative estimate of drug-likeness (QED) is 0.310. The number of benzene rings is 3. The molecule has 3 aromatic carbocycles. The Morgan fingerprint density at radius 2 is 1.55 bits per heavy atom. The van der Waals surface area contributed by atoms with Crippen LogP contribution in [-0.4, -0.2) is 41.6 Å². The summed E-state index contributed by atoms with van der Waals surface area (Å²) in [6.45, 7) is 6.70. The van der Waals surface area contributed by atoms with E-state index >= 15 is 0 Å². The zero-order valence-corrected chi connectivity index (χ0v) is 21.6. The van der Waals surface area contributed by atoms with Gasteiger partial charge >= 0.3 is 6.09 Å². The number of amides is 1. The second-order valence-corrected chi connectivity index (χ2v) is 9.74. The van der Waals surface area contributed by atoms with Crippen LogP contribution in [0.2, 0.25) is 0 Å². The Balaban J connectivity index is 1.55. The molecule has 6 heteroatoms. The molecule has 0 aromatic heterocycles. The number of hydrogen-bond donors (Lipinski definition) is 0. The molecule has 1 aliphatic heterocycles. The highest BCUT2D eigenvalue weighted by Gasteiger charge is 2.62. The van der Waals surface area contributed by atoms with Gasteiger partial charge in [0.1, 0.15) is 17.4 Å². The Bertz CT molecular complexity index is 1250. The van der Waals surface area contributed by atoms with Crippen molar-refractivity contribution in [1.29, 1.82) is 0 Å². The first-order valence-electron chi connectivity index (χ1n) is 13.1. The van der Waals surface area contributed by atoms with Crippen LogP contribution < -0.4 is 0 Å². The molecule has 5 rings (SSSR count). The molecular weight excluding hydrogens is 478 g/mol. The zero-order valence-electron chi connectivity index (χ0n) is 21.6. The van der Waals surface area contributed by atoms with Gasteiger partial charge in [-0.2, -0.15) is 0 Å². The fourth-order valence-electron chi connectivity index (χ4n) is 5.91. The third-order valence-electron chi connectivity index (χ3n) is 7.55. The number of hydrogen-bond acceptors (Lipinski definition) is 5. The van der Waals surface area contributed by atoms with Gasteiger partial charge in [0.25, 0.3) is 0 Å². The Hall–Kier alpha value is -3.74. The van der Waals surface area contributed by atoms with Gasteiger partial charge in [-0.25, -0.2) is 4.79 Å². The molecule has 1 saturated heterocycles. The van der Waals surface area contributed by atoms with Crippen LogP contribution in [0.1, 0.15) is 42.2 Å². The van der Waals surface area contributed by atoms with E-state index in [9.17, 15) is 9.59 Å². The molecule has 0 N–H and O–H groups in total. The van der Waals surface area contributed by atoms with Crippen LogP contribution in [0.15, 0.2) is 104 Å². The number of carbonyl (C=O) groups is 2. The number of Topliss-reactive ketones (excluding diaryl/α,β-unsaturated/α-hetero) is 1. The molecule has 1 unspecified atom stereocenters. The maximum absolute atomic E-state index is 13.7. The smallest absolute Gasteiger partial charge is 0.411 e. The van der Waals surface area contributed by atoms with E-state index in [2.05, 4.69) is 6.58 Å². The largest absolute Gasteiger partial charge is 0.439 e. The molecule has 196 valence electrons. The molecule has 1 amide bonds. The Labute approximate surface area is 223 Å². The molecule has 1 heterocycles. The molecule has 1 saturated carbocycles. The lowest BCUT2D eigenvalue weighted by Gasteiger charge is -2.42. The topological polar surface area (TPSA) is 65.1 Å². The average Bonchev–Trinajstić information content (AvgIpc) is 3.43. The monoisotopic (exact) mass is 511 g/mol. The summed E-state index contributed by atoms with van der Waals surface area (Å²) in [5, 5.41) is 0.